The molecule has 2 heterocycles. The van der Waals surface area contributed by atoms with Crippen molar-refractivity contribution in [3.8, 4) is 10.6 Å². The number of hydrogen-bond acceptors (Lipinski definition) is 5. The third kappa shape index (κ3) is 4.01. The second-order valence-corrected chi connectivity index (χ2v) is 6.80. The Morgan fingerprint density at radius 2 is 2.17 bits per heavy atom. The van der Waals surface area contributed by atoms with Crippen molar-refractivity contribution < 1.29 is 9.32 Å². The molecular formula is C17H16ClN3O2S. The minimum absolute atomic E-state index is 0.0152. The van der Waals surface area contributed by atoms with E-state index in [1.54, 1.807) is 11.9 Å². The number of hydrogen-bond donors (Lipinski definition) is 0. The molecule has 1 amide bonds. The first kappa shape index (κ1) is 16.7. The number of amides is 1. The molecule has 0 unspecified atom stereocenters. The molecular weight excluding hydrogens is 346 g/mol. The van der Waals surface area contributed by atoms with Crippen molar-refractivity contribution in [2.45, 2.75) is 19.9 Å². The summed E-state index contributed by atoms with van der Waals surface area (Å²) in [5.41, 5.74) is 2.45. The number of likely N-dealkylation sites (N-methyl/N-ethyl adjacent to an activating group) is 1. The summed E-state index contributed by atoms with van der Waals surface area (Å²) in [7, 11) is 1.75. The molecule has 5 nitrogen and oxygen atoms in total. The number of aromatic nitrogens is 2. The van der Waals surface area contributed by atoms with E-state index in [1.807, 2.05) is 42.6 Å². The molecule has 2 aromatic heterocycles. The minimum Gasteiger partial charge on any atom is -0.361 e. The van der Waals surface area contributed by atoms with Crippen molar-refractivity contribution in [2.75, 3.05) is 7.05 Å². The van der Waals surface area contributed by atoms with Crippen LogP contribution < -0.4 is 0 Å². The number of benzene rings is 1. The Morgan fingerprint density at radius 3 is 2.88 bits per heavy atom. The smallest absolute Gasteiger partial charge is 0.228 e. The molecule has 0 spiro atoms. The molecule has 0 N–H and O–H groups in total. The standard InChI is InChI=1S/C17H16ClN3O2S/c1-11-6-14(20-23-11)9-21(2)16(22)8-15-10-24-17(19-15)12-4-3-5-13(18)7-12/h3-7,10H,8-9H2,1-2H3. The van der Waals surface area contributed by atoms with Gasteiger partial charge in [-0.2, -0.15) is 0 Å². The predicted molar refractivity (Wildman–Crippen MR) is 94.0 cm³/mol. The van der Waals surface area contributed by atoms with Gasteiger partial charge in [0.05, 0.1) is 18.7 Å². The van der Waals surface area contributed by atoms with Crippen LogP contribution in [0.3, 0.4) is 0 Å². The van der Waals surface area contributed by atoms with Crippen molar-refractivity contribution >= 4 is 28.8 Å². The van der Waals surface area contributed by atoms with Crippen LogP contribution in [0.2, 0.25) is 5.02 Å². The highest BCUT2D eigenvalue weighted by Crippen LogP contribution is 2.26. The summed E-state index contributed by atoms with van der Waals surface area (Å²) in [4.78, 5) is 18.5. The average Bonchev–Trinajstić information content (AvgIpc) is 3.16. The highest BCUT2D eigenvalue weighted by atomic mass is 35.5. The van der Waals surface area contributed by atoms with E-state index in [0.29, 0.717) is 11.6 Å². The summed E-state index contributed by atoms with van der Waals surface area (Å²) in [5, 5.41) is 7.33. The third-order valence-electron chi connectivity index (χ3n) is 3.46. The van der Waals surface area contributed by atoms with Gasteiger partial charge >= 0.3 is 0 Å². The zero-order chi connectivity index (χ0) is 17.1. The fourth-order valence-electron chi connectivity index (χ4n) is 2.26. The Labute approximate surface area is 148 Å². The first-order valence-corrected chi connectivity index (χ1v) is 8.63. The molecule has 0 atom stereocenters. The van der Waals surface area contributed by atoms with Crippen molar-refractivity contribution in [1.82, 2.24) is 15.0 Å². The quantitative estimate of drug-likeness (QED) is 0.690. The second-order valence-electron chi connectivity index (χ2n) is 5.51. The lowest BCUT2D eigenvalue weighted by atomic mass is 10.2. The van der Waals surface area contributed by atoms with Gasteiger partial charge in [-0.05, 0) is 19.1 Å². The molecule has 3 aromatic rings. The summed E-state index contributed by atoms with van der Waals surface area (Å²) in [6.45, 7) is 2.24. The predicted octanol–water partition coefficient (Wildman–Crippen LogP) is 3.96. The molecule has 24 heavy (non-hydrogen) atoms. The highest BCUT2D eigenvalue weighted by molar-refractivity contribution is 7.13. The molecule has 0 saturated heterocycles. The fraction of sp³-hybridized carbons (Fsp3) is 0.235. The van der Waals surface area contributed by atoms with Gasteiger partial charge in [-0.3, -0.25) is 4.79 Å². The van der Waals surface area contributed by atoms with Gasteiger partial charge in [-0.25, -0.2) is 4.98 Å². The van der Waals surface area contributed by atoms with Crippen molar-refractivity contribution in [3.63, 3.8) is 0 Å². The van der Waals surface area contributed by atoms with Crippen LogP contribution in [0.1, 0.15) is 17.1 Å². The van der Waals surface area contributed by atoms with Gasteiger partial charge in [0.2, 0.25) is 5.91 Å². The maximum Gasteiger partial charge on any atom is 0.228 e. The number of carbonyl (C=O) groups excluding carboxylic acids is 1. The molecule has 1 aromatic carbocycles. The summed E-state index contributed by atoms with van der Waals surface area (Å²) < 4.78 is 5.02. The van der Waals surface area contributed by atoms with E-state index in [2.05, 4.69) is 10.1 Å². The highest BCUT2D eigenvalue weighted by Gasteiger charge is 2.14. The first-order chi connectivity index (χ1) is 11.5. The molecule has 3 rings (SSSR count). The van der Waals surface area contributed by atoms with Gasteiger partial charge in [0.1, 0.15) is 16.5 Å². The molecule has 0 saturated carbocycles. The van der Waals surface area contributed by atoms with E-state index in [0.717, 1.165) is 27.7 Å². The van der Waals surface area contributed by atoms with Crippen LogP contribution in [0.4, 0.5) is 0 Å². The number of halogens is 1. The Morgan fingerprint density at radius 1 is 1.33 bits per heavy atom. The average molecular weight is 362 g/mol. The van der Waals surface area contributed by atoms with Crippen LogP contribution in [-0.2, 0) is 17.8 Å². The Kier molecular flexibility index (Phi) is 4.97. The van der Waals surface area contributed by atoms with Crippen molar-refractivity contribution in [3.05, 3.63) is 57.9 Å². The van der Waals surface area contributed by atoms with Gasteiger partial charge in [-0.1, -0.05) is 28.9 Å². The van der Waals surface area contributed by atoms with Crippen LogP contribution in [0.25, 0.3) is 10.6 Å². The number of aryl methyl sites for hydroxylation is 1. The van der Waals surface area contributed by atoms with E-state index in [9.17, 15) is 4.79 Å². The Hall–Kier alpha value is -2.18. The van der Waals surface area contributed by atoms with E-state index >= 15 is 0 Å². The van der Waals surface area contributed by atoms with Crippen LogP contribution >= 0.6 is 22.9 Å². The van der Waals surface area contributed by atoms with Gasteiger partial charge in [0.15, 0.2) is 0 Å². The minimum atomic E-state index is -0.0152. The van der Waals surface area contributed by atoms with Gasteiger partial charge in [0, 0.05) is 29.1 Å². The van der Waals surface area contributed by atoms with Gasteiger partial charge < -0.3 is 9.42 Å². The normalized spacial score (nSPS) is 10.8. The number of thiazole rings is 1. The molecule has 124 valence electrons. The van der Waals surface area contributed by atoms with Crippen molar-refractivity contribution in [1.29, 1.82) is 0 Å². The zero-order valence-electron chi connectivity index (χ0n) is 13.3. The SMILES string of the molecule is Cc1cc(CN(C)C(=O)Cc2csc(-c3cccc(Cl)c3)n2)no1. The lowest BCUT2D eigenvalue weighted by molar-refractivity contribution is -0.129. The Balaban J connectivity index is 1.64. The summed E-state index contributed by atoms with van der Waals surface area (Å²) in [6.07, 6.45) is 0.254. The maximum atomic E-state index is 12.3. The summed E-state index contributed by atoms with van der Waals surface area (Å²) in [6, 6.07) is 9.35. The number of rotatable bonds is 5. The monoisotopic (exact) mass is 361 g/mol. The molecule has 0 bridgehead atoms. The molecule has 0 aliphatic carbocycles. The lowest BCUT2D eigenvalue weighted by Gasteiger charge is -2.14. The van der Waals surface area contributed by atoms with Crippen LogP contribution in [0.15, 0.2) is 40.2 Å². The molecule has 0 fully saturated rings. The topological polar surface area (TPSA) is 59.2 Å². The summed E-state index contributed by atoms with van der Waals surface area (Å²) in [5.74, 6) is 0.718. The largest absolute Gasteiger partial charge is 0.361 e. The first-order valence-electron chi connectivity index (χ1n) is 7.38. The Bertz CT molecular complexity index is 859. The second kappa shape index (κ2) is 7.15. The molecule has 0 aliphatic heterocycles. The van der Waals surface area contributed by atoms with E-state index in [4.69, 9.17) is 16.1 Å². The fourth-order valence-corrected chi connectivity index (χ4v) is 3.26. The van der Waals surface area contributed by atoms with Crippen LogP contribution in [-0.4, -0.2) is 28.0 Å². The zero-order valence-corrected chi connectivity index (χ0v) is 14.9. The van der Waals surface area contributed by atoms with Crippen LogP contribution in [0.5, 0.6) is 0 Å². The molecule has 7 heteroatoms. The van der Waals surface area contributed by atoms with Gasteiger partial charge in [-0.15, -0.1) is 11.3 Å². The van der Waals surface area contributed by atoms with Crippen LogP contribution in [0, 0.1) is 6.92 Å². The summed E-state index contributed by atoms with van der Waals surface area (Å²) >= 11 is 7.51. The molecule has 0 aliphatic rings. The maximum absolute atomic E-state index is 12.3. The molecule has 0 radical (unpaired) electrons. The number of nitrogens with zero attached hydrogens (tertiary/aromatic N) is 3. The third-order valence-corrected chi connectivity index (χ3v) is 4.63. The van der Waals surface area contributed by atoms with E-state index in [1.165, 1.54) is 11.3 Å². The van der Waals surface area contributed by atoms with E-state index in [-0.39, 0.29) is 12.3 Å². The lowest BCUT2D eigenvalue weighted by Crippen LogP contribution is -2.27. The number of carbonyl (C=O) groups is 1. The van der Waals surface area contributed by atoms with E-state index < -0.39 is 0 Å². The van der Waals surface area contributed by atoms with Gasteiger partial charge in [0.25, 0.3) is 0 Å². The van der Waals surface area contributed by atoms with Crippen molar-refractivity contribution in [2.24, 2.45) is 0 Å².